The van der Waals surface area contributed by atoms with Crippen LogP contribution in [0.5, 0.6) is 0 Å². The highest BCUT2D eigenvalue weighted by atomic mass is 14.2. The second kappa shape index (κ2) is 12.3. The third-order valence-corrected chi connectivity index (χ3v) is 3.68. The van der Waals surface area contributed by atoms with Crippen LogP contribution in [-0.4, -0.2) is 0 Å². The van der Waals surface area contributed by atoms with Gasteiger partial charge in [-0.2, -0.15) is 0 Å². The molecule has 0 radical (unpaired) electrons. The van der Waals surface area contributed by atoms with Crippen molar-refractivity contribution in [3.05, 3.63) is 35.5 Å². The van der Waals surface area contributed by atoms with Crippen LogP contribution in [0.1, 0.15) is 79.6 Å². The molecule has 0 aromatic carbocycles. The summed E-state index contributed by atoms with van der Waals surface area (Å²) in [6.45, 7) is 11.2. The molecule has 0 nitrogen and oxygen atoms in total. The van der Waals surface area contributed by atoms with Gasteiger partial charge in [0.05, 0.1) is 0 Å². The maximum Gasteiger partial charge on any atom is -0.0203 e. The summed E-state index contributed by atoms with van der Waals surface area (Å²) >= 11 is 0. The minimum atomic E-state index is 0.820. The highest BCUT2D eigenvalue weighted by molar-refractivity contribution is 5.16. The lowest BCUT2D eigenvalue weighted by molar-refractivity contribution is 0.489. The Bertz CT molecular complexity index is 285. The zero-order chi connectivity index (χ0) is 14.5. The number of hydrogen-bond donors (Lipinski definition) is 0. The van der Waals surface area contributed by atoms with Gasteiger partial charge in [-0.15, -0.1) is 0 Å². The molecule has 0 aliphatic rings. The Hall–Kier alpha value is -0.780. The lowest BCUT2D eigenvalue weighted by Crippen LogP contribution is -2.04. The summed E-state index contributed by atoms with van der Waals surface area (Å²) in [5.41, 5.74) is 3.06. The van der Waals surface area contributed by atoms with E-state index < -0.39 is 0 Å². The maximum atomic E-state index is 2.36. The molecule has 0 amide bonds. The fraction of sp³-hybridized carbons (Fsp3) is 0.684. The van der Waals surface area contributed by atoms with Crippen LogP contribution in [0.4, 0.5) is 0 Å². The molecule has 0 unspecified atom stereocenters. The maximum absolute atomic E-state index is 2.36. The minimum absolute atomic E-state index is 0.820. The average Bonchev–Trinajstić information content (AvgIpc) is 2.39. The SMILES string of the molecule is C/C=C(\CC/C=C\C(C)=C/CC)C(CCC)CCC. The number of rotatable bonds is 10. The molecule has 0 rings (SSSR count). The van der Waals surface area contributed by atoms with Crippen molar-refractivity contribution in [1.29, 1.82) is 0 Å². The molecule has 0 bridgehead atoms. The van der Waals surface area contributed by atoms with Gasteiger partial charge in [0, 0.05) is 0 Å². The quantitative estimate of drug-likeness (QED) is 0.298. The normalized spacial score (nSPS) is 13.8. The van der Waals surface area contributed by atoms with Gasteiger partial charge in [0.15, 0.2) is 0 Å². The Morgan fingerprint density at radius 1 is 1.05 bits per heavy atom. The van der Waals surface area contributed by atoms with Crippen molar-refractivity contribution in [2.45, 2.75) is 79.6 Å². The molecular weight excluding hydrogens is 228 g/mol. The molecule has 110 valence electrons. The lowest BCUT2D eigenvalue weighted by atomic mass is 9.87. The Kier molecular flexibility index (Phi) is 11.8. The van der Waals surface area contributed by atoms with Gasteiger partial charge in [-0.05, 0) is 51.9 Å². The van der Waals surface area contributed by atoms with Crippen LogP contribution >= 0.6 is 0 Å². The first-order valence-electron chi connectivity index (χ1n) is 8.17. The average molecular weight is 262 g/mol. The molecule has 0 N–H and O–H groups in total. The predicted octanol–water partition coefficient (Wildman–Crippen LogP) is 6.84. The van der Waals surface area contributed by atoms with Crippen molar-refractivity contribution in [3.8, 4) is 0 Å². The Labute approximate surface area is 121 Å². The van der Waals surface area contributed by atoms with Gasteiger partial charge < -0.3 is 0 Å². The van der Waals surface area contributed by atoms with E-state index in [4.69, 9.17) is 0 Å². The van der Waals surface area contributed by atoms with Gasteiger partial charge in [-0.3, -0.25) is 0 Å². The van der Waals surface area contributed by atoms with E-state index in [9.17, 15) is 0 Å². The largest absolute Gasteiger partial charge is 0.0882 e. The molecule has 0 aliphatic carbocycles. The molecule has 0 aromatic rings. The van der Waals surface area contributed by atoms with Gasteiger partial charge >= 0.3 is 0 Å². The molecule has 0 saturated carbocycles. The molecule has 0 aliphatic heterocycles. The van der Waals surface area contributed by atoms with Crippen molar-refractivity contribution >= 4 is 0 Å². The van der Waals surface area contributed by atoms with Gasteiger partial charge in [-0.25, -0.2) is 0 Å². The van der Waals surface area contributed by atoms with Crippen LogP contribution in [0.3, 0.4) is 0 Å². The summed E-state index contributed by atoms with van der Waals surface area (Å²) in [7, 11) is 0. The van der Waals surface area contributed by atoms with E-state index in [1.807, 2.05) is 0 Å². The third kappa shape index (κ3) is 8.86. The van der Waals surface area contributed by atoms with Gasteiger partial charge in [0.2, 0.25) is 0 Å². The van der Waals surface area contributed by atoms with E-state index in [1.165, 1.54) is 44.1 Å². The number of allylic oxidation sites excluding steroid dienone is 6. The number of hydrogen-bond acceptors (Lipinski definition) is 0. The summed E-state index contributed by atoms with van der Waals surface area (Å²) in [4.78, 5) is 0. The first-order valence-corrected chi connectivity index (χ1v) is 8.17. The topological polar surface area (TPSA) is 0 Å². The van der Waals surface area contributed by atoms with E-state index in [0.29, 0.717) is 0 Å². The highest BCUT2D eigenvalue weighted by Crippen LogP contribution is 2.26. The Balaban J connectivity index is 4.29. The van der Waals surface area contributed by atoms with E-state index in [2.05, 4.69) is 58.9 Å². The fourth-order valence-corrected chi connectivity index (χ4v) is 2.71. The molecule has 19 heavy (non-hydrogen) atoms. The van der Waals surface area contributed by atoms with Crippen molar-refractivity contribution in [2.24, 2.45) is 5.92 Å². The van der Waals surface area contributed by atoms with Crippen LogP contribution in [-0.2, 0) is 0 Å². The zero-order valence-corrected chi connectivity index (χ0v) is 13.8. The third-order valence-electron chi connectivity index (χ3n) is 3.68. The zero-order valence-electron chi connectivity index (χ0n) is 13.8. The summed E-state index contributed by atoms with van der Waals surface area (Å²) in [5.74, 6) is 0.820. The van der Waals surface area contributed by atoms with Crippen LogP contribution in [0.15, 0.2) is 35.5 Å². The standard InChI is InChI=1S/C19H34/c1-6-12-17(5)15-10-11-16-18(9-4)19(13-7-2)14-8-3/h9-10,12,15,19H,6-8,11,13-14,16H2,1-5H3/b15-10-,17-12-,18-9+. The molecule has 0 atom stereocenters. The molecule has 0 fully saturated rings. The Morgan fingerprint density at radius 3 is 2.16 bits per heavy atom. The smallest absolute Gasteiger partial charge is 0.0203 e. The van der Waals surface area contributed by atoms with E-state index >= 15 is 0 Å². The van der Waals surface area contributed by atoms with Crippen molar-refractivity contribution in [1.82, 2.24) is 0 Å². The van der Waals surface area contributed by atoms with Crippen LogP contribution in [0.25, 0.3) is 0 Å². The lowest BCUT2D eigenvalue weighted by Gasteiger charge is -2.19. The van der Waals surface area contributed by atoms with Gasteiger partial charge in [-0.1, -0.05) is 69.1 Å². The van der Waals surface area contributed by atoms with Crippen molar-refractivity contribution in [3.63, 3.8) is 0 Å². The fourth-order valence-electron chi connectivity index (χ4n) is 2.71. The minimum Gasteiger partial charge on any atom is -0.0882 e. The highest BCUT2D eigenvalue weighted by Gasteiger charge is 2.10. The monoisotopic (exact) mass is 262 g/mol. The summed E-state index contributed by atoms with van der Waals surface area (Å²) < 4.78 is 0. The first kappa shape index (κ1) is 18.2. The molecule has 0 aromatic heterocycles. The van der Waals surface area contributed by atoms with Gasteiger partial charge in [0.25, 0.3) is 0 Å². The first-order chi connectivity index (χ1) is 9.19. The van der Waals surface area contributed by atoms with E-state index in [0.717, 1.165) is 12.3 Å². The van der Waals surface area contributed by atoms with E-state index in [1.54, 1.807) is 5.57 Å². The molecule has 0 spiro atoms. The molecule has 0 heterocycles. The second-order valence-electron chi connectivity index (χ2n) is 5.44. The van der Waals surface area contributed by atoms with Gasteiger partial charge in [0.1, 0.15) is 0 Å². The summed E-state index contributed by atoms with van der Waals surface area (Å²) in [6.07, 6.45) is 18.1. The van der Waals surface area contributed by atoms with Crippen LogP contribution in [0, 0.1) is 5.92 Å². The molecule has 0 saturated heterocycles. The summed E-state index contributed by atoms with van der Waals surface area (Å²) in [6, 6.07) is 0. The van der Waals surface area contributed by atoms with Crippen LogP contribution in [0.2, 0.25) is 0 Å². The molecule has 0 heteroatoms. The van der Waals surface area contributed by atoms with Crippen molar-refractivity contribution in [2.75, 3.05) is 0 Å². The second-order valence-corrected chi connectivity index (χ2v) is 5.44. The van der Waals surface area contributed by atoms with Crippen molar-refractivity contribution < 1.29 is 0 Å². The van der Waals surface area contributed by atoms with Crippen LogP contribution < -0.4 is 0 Å². The summed E-state index contributed by atoms with van der Waals surface area (Å²) in [5, 5.41) is 0. The van der Waals surface area contributed by atoms with E-state index in [-0.39, 0.29) is 0 Å². The Morgan fingerprint density at radius 2 is 1.68 bits per heavy atom. The molecular formula is C19H34. The predicted molar refractivity (Wildman–Crippen MR) is 89.5 cm³/mol.